The zero-order valence-electron chi connectivity index (χ0n) is 15.3. The van der Waals surface area contributed by atoms with Gasteiger partial charge in [-0.3, -0.25) is 0 Å². The molecule has 0 saturated heterocycles. The summed E-state index contributed by atoms with van der Waals surface area (Å²) in [5.74, 6) is 1.13. The molecule has 1 N–H and O–H groups in total. The molecule has 2 aromatic rings. The minimum Gasteiger partial charge on any atom is -0.396 e. The van der Waals surface area contributed by atoms with E-state index < -0.39 is 0 Å². The Kier molecular flexibility index (Phi) is 8.90. The fraction of sp³-hybridized carbons (Fsp3) is 0.667. The molecular weight excluding hydrogens is 296 g/mol. The SMILES string of the molecule is CCCCCCCCCCCn1c(CCCO)nc2ccccc21. The van der Waals surface area contributed by atoms with Crippen LogP contribution in [-0.4, -0.2) is 21.3 Å². The molecule has 0 aliphatic rings. The van der Waals surface area contributed by atoms with Crippen molar-refractivity contribution < 1.29 is 5.11 Å². The molecule has 0 unspecified atom stereocenters. The number of rotatable bonds is 13. The highest BCUT2D eigenvalue weighted by atomic mass is 16.2. The lowest BCUT2D eigenvalue weighted by molar-refractivity contribution is 0.287. The summed E-state index contributed by atoms with van der Waals surface area (Å²) >= 11 is 0. The molecule has 1 heterocycles. The van der Waals surface area contributed by atoms with E-state index in [1.807, 2.05) is 6.07 Å². The summed E-state index contributed by atoms with van der Waals surface area (Å²) < 4.78 is 2.37. The summed E-state index contributed by atoms with van der Waals surface area (Å²) in [5.41, 5.74) is 2.33. The van der Waals surface area contributed by atoms with Gasteiger partial charge in [-0.25, -0.2) is 4.98 Å². The lowest BCUT2D eigenvalue weighted by Crippen LogP contribution is -2.05. The van der Waals surface area contributed by atoms with Crippen LogP contribution in [0.4, 0.5) is 0 Å². The number of hydrogen-bond acceptors (Lipinski definition) is 2. The number of fused-ring (bicyclic) bond motifs is 1. The largest absolute Gasteiger partial charge is 0.396 e. The van der Waals surface area contributed by atoms with E-state index >= 15 is 0 Å². The van der Waals surface area contributed by atoms with E-state index in [0.29, 0.717) is 0 Å². The first-order valence-electron chi connectivity index (χ1n) is 9.91. The van der Waals surface area contributed by atoms with Crippen LogP contribution in [0.1, 0.15) is 77.0 Å². The molecule has 2 rings (SSSR count). The molecule has 0 radical (unpaired) electrons. The Morgan fingerprint density at radius 1 is 0.875 bits per heavy atom. The maximum absolute atomic E-state index is 9.11. The Labute approximate surface area is 147 Å². The van der Waals surface area contributed by atoms with Crippen LogP contribution in [0, 0.1) is 0 Å². The van der Waals surface area contributed by atoms with Gasteiger partial charge in [0.05, 0.1) is 11.0 Å². The molecule has 0 amide bonds. The Hall–Kier alpha value is -1.35. The van der Waals surface area contributed by atoms with E-state index in [9.17, 15) is 0 Å². The second-order valence-electron chi connectivity index (χ2n) is 6.82. The first kappa shape index (κ1) is 19.0. The van der Waals surface area contributed by atoms with Gasteiger partial charge < -0.3 is 9.67 Å². The standard InChI is InChI=1S/C21H34N2O/c1-2-3-4-5-6-7-8-9-12-17-23-20-15-11-10-14-19(20)22-21(23)16-13-18-24/h10-11,14-15,24H,2-9,12-13,16-18H2,1H3. The molecule has 1 aromatic carbocycles. The van der Waals surface area contributed by atoms with Gasteiger partial charge in [0, 0.05) is 19.6 Å². The zero-order chi connectivity index (χ0) is 17.0. The van der Waals surface area contributed by atoms with Gasteiger partial charge in [-0.1, -0.05) is 70.4 Å². The van der Waals surface area contributed by atoms with Crippen LogP contribution in [0.25, 0.3) is 11.0 Å². The Balaban J connectivity index is 1.77. The lowest BCUT2D eigenvalue weighted by Gasteiger charge is -2.09. The molecule has 0 fully saturated rings. The average Bonchev–Trinajstić information content (AvgIpc) is 2.96. The predicted octanol–water partition coefficient (Wildman–Crippen LogP) is 5.49. The van der Waals surface area contributed by atoms with Crippen LogP contribution in [0.5, 0.6) is 0 Å². The molecule has 0 aliphatic heterocycles. The summed E-state index contributed by atoms with van der Waals surface area (Å²) in [5, 5.41) is 9.11. The minimum atomic E-state index is 0.237. The molecule has 0 atom stereocenters. The number of aliphatic hydroxyl groups is 1. The van der Waals surface area contributed by atoms with E-state index in [4.69, 9.17) is 10.1 Å². The highest BCUT2D eigenvalue weighted by Crippen LogP contribution is 2.19. The third-order valence-corrected chi connectivity index (χ3v) is 4.78. The Morgan fingerprint density at radius 2 is 1.54 bits per heavy atom. The molecule has 134 valence electrons. The van der Waals surface area contributed by atoms with Crippen molar-refractivity contribution in [2.24, 2.45) is 0 Å². The summed E-state index contributed by atoms with van der Waals surface area (Å²) in [6.45, 7) is 3.56. The second kappa shape index (κ2) is 11.2. The van der Waals surface area contributed by atoms with Gasteiger partial charge in [-0.05, 0) is 25.0 Å². The highest BCUT2D eigenvalue weighted by Gasteiger charge is 2.09. The van der Waals surface area contributed by atoms with Gasteiger partial charge in [-0.15, -0.1) is 0 Å². The molecular formula is C21H34N2O. The van der Waals surface area contributed by atoms with Crippen LogP contribution < -0.4 is 0 Å². The van der Waals surface area contributed by atoms with Crippen molar-refractivity contribution in [1.82, 2.24) is 9.55 Å². The molecule has 3 heteroatoms. The molecule has 3 nitrogen and oxygen atoms in total. The van der Waals surface area contributed by atoms with Crippen LogP contribution in [-0.2, 0) is 13.0 Å². The maximum Gasteiger partial charge on any atom is 0.109 e. The van der Waals surface area contributed by atoms with Crippen molar-refractivity contribution in [1.29, 1.82) is 0 Å². The van der Waals surface area contributed by atoms with Crippen molar-refractivity contribution >= 4 is 11.0 Å². The van der Waals surface area contributed by atoms with Crippen molar-refractivity contribution in [2.45, 2.75) is 84.1 Å². The number of aromatic nitrogens is 2. The van der Waals surface area contributed by atoms with Crippen LogP contribution >= 0.6 is 0 Å². The highest BCUT2D eigenvalue weighted by molar-refractivity contribution is 5.75. The molecule has 24 heavy (non-hydrogen) atoms. The lowest BCUT2D eigenvalue weighted by atomic mass is 10.1. The van der Waals surface area contributed by atoms with Crippen LogP contribution in [0.2, 0.25) is 0 Å². The second-order valence-corrected chi connectivity index (χ2v) is 6.82. The monoisotopic (exact) mass is 330 g/mol. The average molecular weight is 331 g/mol. The van der Waals surface area contributed by atoms with Crippen molar-refractivity contribution in [3.05, 3.63) is 30.1 Å². The summed E-state index contributed by atoms with van der Waals surface area (Å²) in [6, 6.07) is 8.39. The fourth-order valence-electron chi connectivity index (χ4n) is 3.38. The minimum absolute atomic E-state index is 0.237. The fourth-order valence-corrected chi connectivity index (χ4v) is 3.38. The summed E-state index contributed by atoms with van der Waals surface area (Å²) in [7, 11) is 0. The smallest absolute Gasteiger partial charge is 0.109 e. The Bertz CT molecular complexity index is 576. The van der Waals surface area contributed by atoms with Crippen molar-refractivity contribution in [3.8, 4) is 0 Å². The number of aliphatic hydroxyl groups excluding tert-OH is 1. The van der Waals surface area contributed by atoms with E-state index in [0.717, 1.165) is 30.7 Å². The van der Waals surface area contributed by atoms with Crippen LogP contribution in [0.3, 0.4) is 0 Å². The topological polar surface area (TPSA) is 38.0 Å². The number of hydrogen-bond donors (Lipinski definition) is 1. The van der Waals surface area contributed by atoms with Gasteiger partial charge in [0.2, 0.25) is 0 Å². The molecule has 1 aromatic heterocycles. The van der Waals surface area contributed by atoms with Gasteiger partial charge >= 0.3 is 0 Å². The third-order valence-electron chi connectivity index (χ3n) is 4.78. The number of unbranched alkanes of at least 4 members (excludes halogenated alkanes) is 8. The Morgan fingerprint density at radius 3 is 2.25 bits per heavy atom. The van der Waals surface area contributed by atoms with Gasteiger partial charge in [0.1, 0.15) is 5.82 Å². The van der Waals surface area contributed by atoms with Crippen molar-refractivity contribution in [3.63, 3.8) is 0 Å². The van der Waals surface area contributed by atoms with E-state index in [2.05, 4.69) is 29.7 Å². The number of aryl methyl sites for hydroxylation is 2. The third kappa shape index (κ3) is 5.94. The molecule has 0 bridgehead atoms. The normalized spacial score (nSPS) is 11.4. The molecule has 0 saturated carbocycles. The van der Waals surface area contributed by atoms with E-state index in [-0.39, 0.29) is 6.61 Å². The first-order chi connectivity index (χ1) is 11.9. The molecule has 0 spiro atoms. The summed E-state index contributed by atoms with van der Waals surface area (Å²) in [6.07, 6.45) is 13.9. The first-order valence-corrected chi connectivity index (χ1v) is 9.91. The van der Waals surface area contributed by atoms with E-state index in [1.165, 1.54) is 63.3 Å². The maximum atomic E-state index is 9.11. The van der Waals surface area contributed by atoms with E-state index in [1.54, 1.807) is 0 Å². The number of nitrogens with zero attached hydrogens (tertiary/aromatic N) is 2. The van der Waals surface area contributed by atoms with Gasteiger partial charge in [-0.2, -0.15) is 0 Å². The zero-order valence-corrected chi connectivity index (χ0v) is 15.3. The van der Waals surface area contributed by atoms with Crippen LogP contribution in [0.15, 0.2) is 24.3 Å². The molecule has 0 aliphatic carbocycles. The predicted molar refractivity (Wildman–Crippen MR) is 102 cm³/mol. The van der Waals surface area contributed by atoms with Gasteiger partial charge in [0.25, 0.3) is 0 Å². The summed E-state index contributed by atoms with van der Waals surface area (Å²) in [4.78, 5) is 4.76. The van der Waals surface area contributed by atoms with Gasteiger partial charge in [0.15, 0.2) is 0 Å². The number of para-hydroxylation sites is 2. The number of imidazole rings is 1. The number of benzene rings is 1. The quantitative estimate of drug-likeness (QED) is 0.493. The van der Waals surface area contributed by atoms with Crippen molar-refractivity contribution in [2.75, 3.05) is 6.61 Å².